The predicted octanol–water partition coefficient (Wildman–Crippen LogP) is 6.18. The molecule has 2 unspecified atom stereocenters. The van der Waals surface area contributed by atoms with Gasteiger partial charge in [0.05, 0.1) is 36.7 Å². The highest BCUT2D eigenvalue weighted by atomic mass is 35.5. The Morgan fingerprint density at radius 3 is 2.64 bits per heavy atom. The number of benzene rings is 1. The van der Waals surface area contributed by atoms with Crippen LogP contribution in [0, 0.1) is 5.92 Å². The molecule has 0 bridgehead atoms. The van der Waals surface area contributed by atoms with Crippen molar-refractivity contribution in [2.45, 2.75) is 26.8 Å². The third-order valence-electron chi connectivity index (χ3n) is 7.07. The van der Waals surface area contributed by atoms with E-state index in [1.807, 2.05) is 54.8 Å². The summed E-state index contributed by atoms with van der Waals surface area (Å²) >= 11 is 12.9. The molecule has 2 atom stereocenters. The number of rotatable bonds is 6. The summed E-state index contributed by atoms with van der Waals surface area (Å²) in [6.45, 7) is 5.99. The first-order chi connectivity index (χ1) is 18.7. The zero-order valence-electron chi connectivity index (χ0n) is 22.2. The number of nitrogens with one attached hydrogen (secondary N) is 1. The van der Waals surface area contributed by atoms with Crippen LogP contribution >= 0.6 is 23.2 Å². The van der Waals surface area contributed by atoms with Crippen molar-refractivity contribution in [1.82, 2.24) is 14.1 Å². The maximum Gasteiger partial charge on any atom is 0.358 e. The third-order valence-corrected chi connectivity index (χ3v) is 7.79. The number of pyridine rings is 1. The summed E-state index contributed by atoms with van der Waals surface area (Å²) in [6.07, 6.45) is 5.50. The minimum atomic E-state index is -0.545. The maximum absolute atomic E-state index is 13.4. The lowest BCUT2D eigenvalue weighted by atomic mass is 9.80. The number of nitrogens with zero attached hydrogens (tertiary/aromatic N) is 3. The van der Waals surface area contributed by atoms with Crippen LogP contribution in [0.25, 0.3) is 17.1 Å². The van der Waals surface area contributed by atoms with E-state index < -0.39 is 12.0 Å². The Morgan fingerprint density at radius 2 is 1.95 bits per heavy atom. The van der Waals surface area contributed by atoms with E-state index in [9.17, 15) is 9.59 Å². The van der Waals surface area contributed by atoms with Crippen LogP contribution in [0.1, 0.15) is 43.0 Å². The molecule has 0 saturated carbocycles. The molecule has 2 aromatic heterocycles. The molecule has 5 rings (SSSR count). The molecular weight excluding hydrogens is 539 g/mol. The average molecular weight is 567 g/mol. The lowest BCUT2D eigenvalue weighted by Gasteiger charge is -2.37. The van der Waals surface area contributed by atoms with E-state index in [0.717, 1.165) is 22.4 Å². The van der Waals surface area contributed by atoms with E-state index in [1.54, 1.807) is 33.3 Å². The summed E-state index contributed by atoms with van der Waals surface area (Å²) in [5, 5.41) is 4.29. The summed E-state index contributed by atoms with van der Waals surface area (Å²) in [4.78, 5) is 30.5. The largest absolute Gasteiger partial charge is 0.496 e. The number of anilines is 1. The van der Waals surface area contributed by atoms with Crippen molar-refractivity contribution >= 4 is 40.6 Å². The maximum atomic E-state index is 13.4. The second kappa shape index (κ2) is 10.4. The average Bonchev–Trinajstić information content (AvgIpc) is 3.32. The van der Waals surface area contributed by atoms with Crippen molar-refractivity contribution in [3.05, 3.63) is 91.6 Å². The van der Waals surface area contributed by atoms with Gasteiger partial charge in [-0.1, -0.05) is 48.3 Å². The van der Waals surface area contributed by atoms with E-state index in [0.29, 0.717) is 28.0 Å². The van der Waals surface area contributed by atoms with Crippen LogP contribution in [0.15, 0.2) is 69.7 Å². The van der Waals surface area contributed by atoms with Gasteiger partial charge in [0.1, 0.15) is 16.6 Å². The van der Waals surface area contributed by atoms with Gasteiger partial charge in [-0.3, -0.25) is 9.36 Å². The SMILES string of the molecule is CCOC(=O)c1nc(-c2ccccc2OC)n2c1C(Nc1cc(Cl)c(=O)n(C)c1)C1=CC=C(Cl)C(C)C1=C2C. The third kappa shape index (κ3) is 4.47. The number of ether oxygens (including phenoxy) is 2. The van der Waals surface area contributed by atoms with Gasteiger partial charge < -0.3 is 19.4 Å². The first-order valence-corrected chi connectivity index (χ1v) is 13.3. The van der Waals surface area contributed by atoms with E-state index >= 15 is 0 Å². The highest BCUT2D eigenvalue weighted by Crippen LogP contribution is 2.49. The Balaban J connectivity index is 1.84. The van der Waals surface area contributed by atoms with Gasteiger partial charge in [-0.2, -0.15) is 0 Å². The summed E-state index contributed by atoms with van der Waals surface area (Å²) in [7, 11) is 3.23. The highest BCUT2D eigenvalue weighted by Gasteiger charge is 2.40. The number of carbonyl (C=O) groups excluding carboxylic acids is 1. The van der Waals surface area contributed by atoms with Gasteiger partial charge in [0, 0.05) is 29.9 Å². The minimum Gasteiger partial charge on any atom is -0.496 e. The number of allylic oxidation sites excluding steroid dienone is 4. The second-order valence-corrected chi connectivity index (χ2v) is 10.2. The molecule has 1 aromatic carbocycles. The zero-order valence-corrected chi connectivity index (χ0v) is 23.7. The topological polar surface area (TPSA) is 87.4 Å². The Kier molecular flexibility index (Phi) is 7.18. The molecule has 8 nitrogen and oxygen atoms in total. The number of esters is 1. The molecule has 1 aliphatic carbocycles. The fourth-order valence-electron chi connectivity index (χ4n) is 5.29. The highest BCUT2D eigenvalue weighted by molar-refractivity contribution is 6.31. The van der Waals surface area contributed by atoms with Crippen LogP contribution in [0.5, 0.6) is 5.75 Å². The van der Waals surface area contributed by atoms with Crippen LogP contribution < -0.4 is 15.6 Å². The predicted molar refractivity (Wildman–Crippen MR) is 153 cm³/mol. The van der Waals surface area contributed by atoms with Gasteiger partial charge >= 0.3 is 5.97 Å². The normalized spacial score (nSPS) is 18.1. The van der Waals surface area contributed by atoms with Crippen LogP contribution in [-0.4, -0.2) is 33.8 Å². The number of methoxy groups -OCH3 is 1. The number of hydrogen-bond acceptors (Lipinski definition) is 6. The monoisotopic (exact) mass is 566 g/mol. The van der Waals surface area contributed by atoms with E-state index in [2.05, 4.69) is 5.32 Å². The minimum absolute atomic E-state index is 0.0769. The Morgan fingerprint density at radius 1 is 1.21 bits per heavy atom. The molecule has 1 aliphatic heterocycles. The number of hydrogen-bond donors (Lipinski definition) is 1. The van der Waals surface area contributed by atoms with Crippen molar-refractivity contribution in [1.29, 1.82) is 0 Å². The summed E-state index contributed by atoms with van der Waals surface area (Å²) in [5.74, 6) is 0.510. The molecular formula is C29H28Cl2N4O4. The molecule has 0 amide bonds. The van der Waals surface area contributed by atoms with E-state index in [-0.39, 0.29) is 28.8 Å². The van der Waals surface area contributed by atoms with Crippen molar-refractivity contribution in [2.75, 3.05) is 19.0 Å². The zero-order chi connectivity index (χ0) is 28.0. The lowest BCUT2D eigenvalue weighted by Crippen LogP contribution is -2.29. The number of para-hydroxylation sites is 1. The molecule has 0 fully saturated rings. The summed E-state index contributed by atoms with van der Waals surface area (Å²) < 4.78 is 14.5. The van der Waals surface area contributed by atoms with Crippen molar-refractivity contribution in [3.63, 3.8) is 0 Å². The Hall–Kier alpha value is -3.75. The van der Waals surface area contributed by atoms with Crippen molar-refractivity contribution < 1.29 is 14.3 Å². The van der Waals surface area contributed by atoms with Gasteiger partial charge in [0.15, 0.2) is 5.69 Å². The van der Waals surface area contributed by atoms with Gasteiger partial charge in [0.25, 0.3) is 5.56 Å². The van der Waals surface area contributed by atoms with Gasteiger partial charge in [-0.15, -0.1) is 0 Å². The standard InChI is InChI=1S/C29H28Cl2N4O4/c1-6-39-29(37)25-26-24(32-17-13-21(31)28(36)34(4)14-17)19-11-12-20(30)15(2)23(19)16(3)35(26)27(33-25)18-9-7-8-10-22(18)38-5/h7-15,24,32H,6H2,1-5H3. The first-order valence-electron chi connectivity index (χ1n) is 12.5. The molecule has 3 heterocycles. The number of halogens is 2. The van der Waals surface area contributed by atoms with Gasteiger partial charge in [-0.25, -0.2) is 9.78 Å². The van der Waals surface area contributed by atoms with Crippen LogP contribution in [0.3, 0.4) is 0 Å². The van der Waals surface area contributed by atoms with Crippen LogP contribution in [0.4, 0.5) is 5.69 Å². The van der Waals surface area contributed by atoms with Crippen LogP contribution in [0.2, 0.25) is 5.02 Å². The van der Waals surface area contributed by atoms with Gasteiger partial charge in [-0.05, 0) is 49.3 Å². The number of fused-ring (bicyclic) bond motifs is 2. The molecule has 2 aliphatic rings. The van der Waals surface area contributed by atoms with Crippen LogP contribution in [-0.2, 0) is 11.8 Å². The van der Waals surface area contributed by atoms with Crippen molar-refractivity contribution in [3.8, 4) is 17.1 Å². The fraction of sp³-hybridized carbons (Fsp3) is 0.276. The number of carbonyl (C=O) groups is 1. The first kappa shape index (κ1) is 26.8. The Bertz CT molecular complexity index is 1620. The molecule has 3 aromatic rings. The molecule has 39 heavy (non-hydrogen) atoms. The van der Waals surface area contributed by atoms with E-state index in [4.69, 9.17) is 37.7 Å². The number of aromatic nitrogens is 3. The lowest BCUT2D eigenvalue weighted by molar-refractivity contribution is 0.0518. The molecule has 0 saturated heterocycles. The van der Waals surface area contributed by atoms with E-state index in [1.165, 1.54) is 4.57 Å². The molecule has 0 radical (unpaired) electrons. The number of imidazole rings is 1. The number of aryl methyl sites for hydroxylation is 1. The molecule has 202 valence electrons. The van der Waals surface area contributed by atoms with Gasteiger partial charge in [0.2, 0.25) is 0 Å². The summed E-state index contributed by atoms with van der Waals surface area (Å²) in [5.41, 5.74) is 4.61. The quantitative estimate of drug-likeness (QED) is 0.358. The Labute approximate surface area is 236 Å². The fourth-order valence-corrected chi connectivity index (χ4v) is 5.72. The molecule has 0 spiro atoms. The summed E-state index contributed by atoms with van der Waals surface area (Å²) in [6, 6.07) is 8.56. The molecule has 1 N–H and O–H groups in total. The van der Waals surface area contributed by atoms with Crippen molar-refractivity contribution in [2.24, 2.45) is 13.0 Å². The smallest absolute Gasteiger partial charge is 0.358 e. The second-order valence-electron chi connectivity index (χ2n) is 9.39. The molecule has 10 heteroatoms.